The minimum atomic E-state index is -2.38. The molecule has 15 heteroatoms. The van der Waals surface area contributed by atoms with Gasteiger partial charge in [-0.25, -0.2) is 9.59 Å². The van der Waals surface area contributed by atoms with E-state index in [4.69, 9.17) is 23.7 Å². The lowest BCUT2D eigenvalue weighted by molar-refractivity contribution is -0.346. The summed E-state index contributed by atoms with van der Waals surface area (Å²) in [6.07, 6.45) is -8.88. The molecule has 15 nitrogen and oxygen atoms in total. The molecule has 2 saturated carbocycles. The maximum absolute atomic E-state index is 15.4. The third-order valence-corrected chi connectivity index (χ3v) is 13.2. The van der Waals surface area contributed by atoms with Crippen LogP contribution in [0.5, 0.6) is 0 Å². The van der Waals surface area contributed by atoms with Gasteiger partial charge in [-0.1, -0.05) is 68.5 Å². The van der Waals surface area contributed by atoms with Crippen LogP contribution in [0.4, 0.5) is 0 Å². The van der Waals surface area contributed by atoms with Gasteiger partial charge in [-0.3, -0.25) is 19.2 Å². The minimum Gasteiger partial charge on any atom is -0.456 e. The molecule has 1 amide bonds. The molecule has 2 aromatic rings. The minimum absolute atomic E-state index is 0.00140. The first-order valence-corrected chi connectivity index (χ1v) is 19.9. The fourth-order valence-electron chi connectivity index (χ4n) is 9.75. The second kappa shape index (κ2) is 16.3. The van der Waals surface area contributed by atoms with Crippen molar-refractivity contribution in [1.29, 1.82) is 0 Å². The van der Waals surface area contributed by atoms with E-state index < -0.39 is 113 Å². The molecule has 4 N–H and O–H groups in total. The lowest BCUT2D eigenvalue weighted by Crippen LogP contribution is -2.82. The van der Waals surface area contributed by atoms with Crippen LogP contribution in [-0.4, -0.2) is 105 Å². The van der Waals surface area contributed by atoms with Crippen LogP contribution in [0, 0.1) is 16.7 Å². The zero-order chi connectivity index (χ0) is 44.1. The quantitative estimate of drug-likeness (QED) is 0.117. The largest absolute Gasteiger partial charge is 0.456 e. The Kier molecular flexibility index (Phi) is 12.1. The van der Waals surface area contributed by atoms with Crippen LogP contribution in [0.2, 0.25) is 0 Å². The van der Waals surface area contributed by atoms with Crippen molar-refractivity contribution in [3.8, 4) is 0 Å². The van der Waals surface area contributed by atoms with Crippen LogP contribution in [-0.2, 0) is 47.7 Å². The van der Waals surface area contributed by atoms with Gasteiger partial charge in [0.15, 0.2) is 23.6 Å². The molecule has 0 radical (unpaired) electrons. The summed E-state index contributed by atoms with van der Waals surface area (Å²) in [6.45, 7) is 11.2. The van der Waals surface area contributed by atoms with E-state index in [2.05, 4.69) is 5.32 Å². The van der Waals surface area contributed by atoms with Crippen LogP contribution in [0.3, 0.4) is 0 Å². The second-order valence-electron chi connectivity index (χ2n) is 17.0. The predicted molar refractivity (Wildman–Crippen MR) is 211 cm³/mol. The van der Waals surface area contributed by atoms with Gasteiger partial charge in [-0.05, 0) is 56.5 Å². The smallest absolute Gasteiger partial charge is 0.338 e. The molecule has 0 unspecified atom stereocenters. The van der Waals surface area contributed by atoms with Gasteiger partial charge < -0.3 is 44.3 Å². The number of aliphatic hydroxyl groups excluding tert-OH is 2. The van der Waals surface area contributed by atoms with E-state index in [1.165, 1.54) is 26.0 Å². The van der Waals surface area contributed by atoms with Gasteiger partial charge in [0.25, 0.3) is 0 Å². The predicted octanol–water partition coefficient (Wildman–Crippen LogP) is 3.39. The molecular weight excluding hydrogens is 778 g/mol. The number of esters is 4. The van der Waals surface area contributed by atoms with Crippen LogP contribution in [0.1, 0.15) is 90.2 Å². The molecular formula is C45H53NO14. The van der Waals surface area contributed by atoms with Crippen molar-refractivity contribution in [3.05, 3.63) is 94.6 Å². The highest BCUT2D eigenvalue weighted by Gasteiger charge is 2.78. The Morgan fingerprint density at radius 2 is 1.53 bits per heavy atom. The Morgan fingerprint density at radius 1 is 0.917 bits per heavy atom. The first kappa shape index (κ1) is 44.3. The summed E-state index contributed by atoms with van der Waals surface area (Å²) in [5.41, 5.74) is -6.91. The highest BCUT2D eigenvalue weighted by atomic mass is 16.6. The maximum atomic E-state index is 15.4. The summed E-state index contributed by atoms with van der Waals surface area (Å²) in [5.74, 6) is -6.78. The third kappa shape index (κ3) is 7.24. The SMILES string of the molecule is C/C=C(\C)C(=O)N[C@H](c1ccccc1)[C@H](O)C(=O)O[C@H]1C[C@@]2(O)[C@@H](OC(=O)c3ccccc3)[C@@H]3[C@]4(OC(C)=O)CO[C@@H]4C[C@H](O)[C@@]3(C)C(=O)[C@H](OC(C)=O)C(=C1C)C2(C)C. The Bertz CT molecular complexity index is 2110. The number of fused-ring (bicyclic) bond motifs is 5. The summed E-state index contributed by atoms with van der Waals surface area (Å²) in [4.78, 5) is 82.9. The number of ketones is 1. The number of nitrogens with one attached hydrogen (secondary N) is 1. The molecule has 0 spiro atoms. The first-order chi connectivity index (χ1) is 28.1. The number of amides is 1. The topological polar surface area (TPSA) is 221 Å². The third-order valence-electron chi connectivity index (χ3n) is 13.2. The number of ether oxygens (including phenoxy) is 5. The van der Waals surface area contributed by atoms with Gasteiger partial charge in [0.2, 0.25) is 5.91 Å². The number of carbonyl (C=O) groups excluding carboxylic acids is 6. The molecule has 1 aliphatic heterocycles. The van der Waals surface area contributed by atoms with E-state index in [1.807, 2.05) is 0 Å². The Labute approximate surface area is 348 Å². The van der Waals surface area contributed by atoms with Crippen molar-refractivity contribution in [2.24, 2.45) is 16.7 Å². The van der Waals surface area contributed by atoms with E-state index in [1.54, 1.807) is 82.3 Å². The van der Waals surface area contributed by atoms with Gasteiger partial charge in [0, 0.05) is 37.7 Å². The number of hydrogen-bond donors (Lipinski definition) is 4. The summed E-state index contributed by atoms with van der Waals surface area (Å²) < 4.78 is 30.2. The standard InChI is InChI=1S/C45H53NO14/c1-9-23(2)39(52)46-33(27-16-12-10-13-17-27)34(50)41(54)58-29-21-45(55)38(59-40(53)28-18-14-11-15-19-28)36-43(8,30(49)20-31-44(36,22-56-31)60-26(5)48)37(51)35(57-25(4)47)32(24(29)3)42(45,6)7/h9-19,29-31,33-36,38,49-50,55H,20-22H2,1-8H3,(H,46,52)/b23-9+/t29-,30-,31+,33+,34-,35+,36-,38-,43+,44-,45+/m0/s1. The zero-order valence-corrected chi connectivity index (χ0v) is 34.9. The van der Waals surface area contributed by atoms with Gasteiger partial charge in [0.05, 0.1) is 35.6 Å². The van der Waals surface area contributed by atoms with Gasteiger partial charge >= 0.3 is 23.9 Å². The molecule has 1 saturated heterocycles. The number of benzene rings is 2. The fourth-order valence-corrected chi connectivity index (χ4v) is 9.75. The zero-order valence-electron chi connectivity index (χ0n) is 34.9. The average Bonchev–Trinajstić information content (AvgIpc) is 3.20. The number of carbonyl (C=O) groups is 6. The molecule has 4 aliphatic rings. The Morgan fingerprint density at radius 3 is 2.08 bits per heavy atom. The normalized spacial score (nSPS) is 32.9. The maximum Gasteiger partial charge on any atom is 0.338 e. The number of allylic oxidation sites excluding steroid dienone is 1. The van der Waals surface area contributed by atoms with Crippen molar-refractivity contribution in [2.75, 3.05) is 6.61 Å². The fraction of sp³-hybridized carbons (Fsp3) is 0.511. The lowest BCUT2D eigenvalue weighted by atomic mass is 9.44. The van der Waals surface area contributed by atoms with Crippen LogP contribution < -0.4 is 5.32 Å². The second-order valence-corrected chi connectivity index (χ2v) is 17.0. The molecule has 1 heterocycles. The van der Waals surface area contributed by atoms with Gasteiger partial charge in [-0.2, -0.15) is 0 Å². The summed E-state index contributed by atoms with van der Waals surface area (Å²) in [5, 5.41) is 40.0. The lowest BCUT2D eigenvalue weighted by Gasteiger charge is -2.67. The summed E-state index contributed by atoms with van der Waals surface area (Å²) in [7, 11) is 0. The van der Waals surface area contributed by atoms with E-state index in [0.717, 1.165) is 13.8 Å². The number of aliphatic hydroxyl groups is 3. The van der Waals surface area contributed by atoms with Crippen molar-refractivity contribution >= 4 is 35.6 Å². The van der Waals surface area contributed by atoms with Crippen LogP contribution in [0.25, 0.3) is 0 Å². The Hall–Kier alpha value is -5.22. The molecule has 322 valence electrons. The van der Waals surface area contributed by atoms with E-state index in [-0.39, 0.29) is 29.7 Å². The van der Waals surface area contributed by atoms with Crippen LogP contribution in [0.15, 0.2) is 83.5 Å². The van der Waals surface area contributed by atoms with E-state index >= 15 is 4.79 Å². The number of Topliss-reactive ketones (excluding diaryl/α,β-unsaturated/α-hetero) is 1. The van der Waals surface area contributed by atoms with Gasteiger partial charge in [-0.15, -0.1) is 0 Å². The molecule has 2 aromatic carbocycles. The molecule has 2 bridgehead atoms. The van der Waals surface area contributed by atoms with Gasteiger partial charge in [0.1, 0.15) is 23.9 Å². The van der Waals surface area contributed by atoms with Crippen molar-refractivity contribution < 1.29 is 67.8 Å². The highest BCUT2D eigenvalue weighted by molar-refractivity contribution is 5.96. The molecule has 0 aromatic heterocycles. The van der Waals surface area contributed by atoms with Crippen molar-refractivity contribution in [2.45, 2.75) is 122 Å². The Balaban J connectivity index is 1.56. The first-order valence-electron chi connectivity index (χ1n) is 19.9. The molecule has 3 aliphatic carbocycles. The van der Waals surface area contributed by atoms with E-state index in [9.17, 15) is 39.3 Å². The van der Waals surface area contributed by atoms with E-state index in [0.29, 0.717) is 11.1 Å². The molecule has 6 rings (SSSR count). The number of rotatable bonds is 10. The highest BCUT2D eigenvalue weighted by Crippen LogP contribution is 2.64. The average molecular weight is 832 g/mol. The molecule has 60 heavy (non-hydrogen) atoms. The summed E-state index contributed by atoms with van der Waals surface area (Å²) >= 11 is 0. The molecule has 11 atom stereocenters. The van der Waals surface area contributed by atoms with Crippen molar-refractivity contribution in [1.82, 2.24) is 5.32 Å². The van der Waals surface area contributed by atoms with Crippen LogP contribution >= 0.6 is 0 Å². The van der Waals surface area contributed by atoms with Crippen molar-refractivity contribution in [3.63, 3.8) is 0 Å². The monoisotopic (exact) mass is 831 g/mol. The summed E-state index contributed by atoms with van der Waals surface area (Å²) in [6, 6.07) is 14.8. The molecule has 3 fully saturated rings. The number of hydrogen-bond acceptors (Lipinski definition) is 14.